The van der Waals surface area contributed by atoms with Gasteiger partial charge in [-0.3, -0.25) is 0 Å². The molecule has 0 unspecified atom stereocenters. The second kappa shape index (κ2) is 7.40. The number of amides is 1. The number of aliphatic hydroxyl groups excluding tert-OH is 2. The number of carbonyl (C=O) groups excluding carboxylic acids is 1. The molecule has 6 heteroatoms. The van der Waals surface area contributed by atoms with Crippen molar-refractivity contribution in [1.29, 1.82) is 0 Å². The van der Waals surface area contributed by atoms with Crippen molar-refractivity contribution in [2.45, 2.75) is 18.8 Å². The van der Waals surface area contributed by atoms with Crippen molar-refractivity contribution in [3.8, 4) is 0 Å². The van der Waals surface area contributed by atoms with Crippen molar-refractivity contribution < 1.29 is 19.7 Å². The molecule has 0 aliphatic carbocycles. The predicted octanol–water partition coefficient (Wildman–Crippen LogP) is 0.292. The van der Waals surface area contributed by atoms with Crippen LogP contribution in [0.3, 0.4) is 0 Å². The number of nitrogens with zero attached hydrogens (tertiary/aromatic N) is 2. The highest BCUT2D eigenvalue weighted by Crippen LogP contribution is 2.10. The zero-order valence-electron chi connectivity index (χ0n) is 12.2. The zero-order chi connectivity index (χ0) is 15.2. The SMILES string of the molecule is CN1CC(O)C1.O=C(OCc1ccccc1)N1CC(O)C1. The first kappa shape index (κ1) is 15.8. The second-order valence-corrected chi connectivity index (χ2v) is 5.47. The van der Waals surface area contributed by atoms with Crippen LogP contribution in [-0.4, -0.2) is 71.5 Å². The molecule has 6 nitrogen and oxygen atoms in total. The van der Waals surface area contributed by atoms with E-state index < -0.39 is 0 Å². The van der Waals surface area contributed by atoms with Crippen LogP contribution in [-0.2, 0) is 11.3 Å². The number of rotatable bonds is 2. The maximum atomic E-state index is 11.3. The van der Waals surface area contributed by atoms with E-state index in [-0.39, 0.29) is 24.9 Å². The normalized spacial score (nSPS) is 19.1. The first-order chi connectivity index (χ1) is 10.0. The van der Waals surface area contributed by atoms with Gasteiger partial charge in [0.2, 0.25) is 0 Å². The van der Waals surface area contributed by atoms with Gasteiger partial charge in [-0.1, -0.05) is 30.3 Å². The number of aliphatic hydroxyl groups is 2. The minimum atomic E-state index is -0.380. The molecule has 0 saturated carbocycles. The zero-order valence-corrected chi connectivity index (χ0v) is 12.2. The highest BCUT2D eigenvalue weighted by atomic mass is 16.6. The number of ether oxygens (including phenoxy) is 1. The van der Waals surface area contributed by atoms with Gasteiger partial charge >= 0.3 is 6.09 Å². The van der Waals surface area contributed by atoms with Crippen LogP contribution in [0.4, 0.5) is 4.79 Å². The predicted molar refractivity (Wildman–Crippen MR) is 77.7 cm³/mol. The third-order valence-electron chi connectivity index (χ3n) is 3.37. The maximum Gasteiger partial charge on any atom is 0.410 e. The molecule has 2 saturated heterocycles. The number of likely N-dealkylation sites (N-methyl/N-ethyl adjacent to an activating group) is 1. The fourth-order valence-corrected chi connectivity index (χ4v) is 2.08. The summed E-state index contributed by atoms with van der Waals surface area (Å²) >= 11 is 0. The Morgan fingerprint density at radius 2 is 1.71 bits per heavy atom. The topological polar surface area (TPSA) is 73.2 Å². The number of carbonyl (C=O) groups is 1. The van der Waals surface area contributed by atoms with E-state index in [9.17, 15) is 4.79 Å². The summed E-state index contributed by atoms with van der Waals surface area (Å²) in [6.07, 6.45) is -0.770. The minimum absolute atomic E-state index is 0.0324. The number of likely N-dealkylation sites (tertiary alicyclic amines) is 2. The first-order valence-electron chi connectivity index (χ1n) is 7.05. The van der Waals surface area contributed by atoms with E-state index in [1.807, 2.05) is 37.4 Å². The smallest absolute Gasteiger partial charge is 0.410 e. The van der Waals surface area contributed by atoms with E-state index >= 15 is 0 Å². The molecule has 1 amide bonds. The van der Waals surface area contributed by atoms with Crippen molar-refractivity contribution >= 4 is 6.09 Å². The first-order valence-corrected chi connectivity index (χ1v) is 7.05. The minimum Gasteiger partial charge on any atom is -0.445 e. The van der Waals surface area contributed by atoms with Crippen LogP contribution in [0.25, 0.3) is 0 Å². The molecule has 2 fully saturated rings. The summed E-state index contributed by atoms with van der Waals surface area (Å²) in [6, 6.07) is 9.51. The van der Waals surface area contributed by atoms with Crippen molar-refractivity contribution in [2.24, 2.45) is 0 Å². The number of β-amino-alcohol motifs (C(OH)–C–C–N with tert-alkyl or cyclic N) is 2. The Morgan fingerprint density at radius 1 is 1.14 bits per heavy atom. The molecule has 116 valence electrons. The van der Waals surface area contributed by atoms with E-state index in [0.29, 0.717) is 13.1 Å². The summed E-state index contributed by atoms with van der Waals surface area (Å²) in [5, 5.41) is 17.6. The van der Waals surface area contributed by atoms with Gasteiger partial charge in [-0.05, 0) is 12.6 Å². The van der Waals surface area contributed by atoms with Crippen molar-refractivity contribution in [3.63, 3.8) is 0 Å². The van der Waals surface area contributed by atoms with Crippen LogP contribution in [0.1, 0.15) is 5.56 Å². The Kier molecular flexibility index (Phi) is 5.55. The third kappa shape index (κ3) is 5.00. The molecule has 2 aliphatic rings. The average molecular weight is 294 g/mol. The van der Waals surface area contributed by atoms with Crippen LogP contribution in [0.15, 0.2) is 30.3 Å². The van der Waals surface area contributed by atoms with Gasteiger partial charge in [-0.2, -0.15) is 0 Å². The van der Waals surface area contributed by atoms with Crippen LogP contribution < -0.4 is 0 Å². The summed E-state index contributed by atoms with van der Waals surface area (Å²) < 4.78 is 5.06. The Hall–Kier alpha value is -1.63. The molecule has 0 bridgehead atoms. The average Bonchev–Trinajstić information content (AvgIpc) is 2.42. The summed E-state index contributed by atoms with van der Waals surface area (Å²) in [4.78, 5) is 14.9. The fourth-order valence-electron chi connectivity index (χ4n) is 2.08. The molecule has 0 atom stereocenters. The van der Waals surface area contributed by atoms with E-state index in [2.05, 4.69) is 4.90 Å². The van der Waals surface area contributed by atoms with Gasteiger partial charge < -0.3 is 24.7 Å². The van der Waals surface area contributed by atoms with Crippen molar-refractivity contribution in [1.82, 2.24) is 9.80 Å². The summed E-state index contributed by atoms with van der Waals surface area (Å²) in [6.45, 7) is 2.77. The van der Waals surface area contributed by atoms with Gasteiger partial charge in [0.05, 0.1) is 25.3 Å². The molecule has 1 aromatic rings. The van der Waals surface area contributed by atoms with E-state index in [1.54, 1.807) is 0 Å². The van der Waals surface area contributed by atoms with Gasteiger partial charge in [0.1, 0.15) is 6.61 Å². The van der Waals surface area contributed by atoms with Crippen LogP contribution in [0.2, 0.25) is 0 Å². The molecule has 3 rings (SSSR count). The van der Waals surface area contributed by atoms with E-state index in [4.69, 9.17) is 14.9 Å². The summed E-state index contributed by atoms with van der Waals surface area (Å²) in [5.74, 6) is 0. The highest BCUT2D eigenvalue weighted by molar-refractivity contribution is 5.68. The summed E-state index contributed by atoms with van der Waals surface area (Å²) in [5.41, 5.74) is 0.965. The standard InChI is InChI=1S/C11H13NO3.C4H9NO/c13-10-6-12(7-10)11(14)15-8-9-4-2-1-3-5-9;1-5-2-4(6)3-5/h1-5,10,13H,6-8H2;4,6H,2-3H2,1H3. The molecule has 0 aromatic heterocycles. The lowest BCUT2D eigenvalue weighted by Gasteiger charge is -2.34. The second-order valence-electron chi connectivity index (χ2n) is 5.47. The molecule has 0 radical (unpaired) electrons. The van der Waals surface area contributed by atoms with Gasteiger partial charge in [0.15, 0.2) is 0 Å². The Balaban J connectivity index is 0.000000225. The number of benzene rings is 1. The third-order valence-corrected chi connectivity index (χ3v) is 3.37. The van der Waals surface area contributed by atoms with Gasteiger partial charge in [-0.25, -0.2) is 4.79 Å². The highest BCUT2D eigenvalue weighted by Gasteiger charge is 2.29. The maximum absolute atomic E-state index is 11.3. The Bertz CT molecular complexity index is 436. The molecular formula is C15H22N2O4. The van der Waals surface area contributed by atoms with Crippen molar-refractivity contribution in [3.05, 3.63) is 35.9 Å². The summed E-state index contributed by atoms with van der Waals surface area (Å²) in [7, 11) is 1.99. The van der Waals surface area contributed by atoms with Crippen molar-refractivity contribution in [2.75, 3.05) is 33.2 Å². The molecule has 2 N–H and O–H groups in total. The van der Waals surface area contributed by atoms with Crippen LogP contribution in [0.5, 0.6) is 0 Å². The van der Waals surface area contributed by atoms with Gasteiger partial charge in [0.25, 0.3) is 0 Å². The fraction of sp³-hybridized carbons (Fsp3) is 0.533. The molecule has 21 heavy (non-hydrogen) atoms. The van der Waals surface area contributed by atoms with Crippen LogP contribution >= 0.6 is 0 Å². The molecule has 1 aromatic carbocycles. The monoisotopic (exact) mass is 294 g/mol. The van der Waals surface area contributed by atoms with Crippen LogP contribution in [0, 0.1) is 0 Å². The number of hydrogen-bond acceptors (Lipinski definition) is 5. The lowest BCUT2D eigenvalue weighted by Crippen LogP contribution is -2.53. The van der Waals surface area contributed by atoms with E-state index in [0.717, 1.165) is 18.7 Å². The van der Waals surface area contributed by atoms with E-state index in [1.165, 1.54) is 4.90 Å². The van der Waals surface area contributed by atoms with Gasteiger partial charge in [-0.15, -0.1) is 0 Å². The Morgan fingerprint density at radius 3 is 2.14 bits per heavy atom. The molecular weight excluding hydrogens is 272 g/mol. The quantitative estimate of drug-likeness (QED) is 0.820. The molecule has 0 spiro atoms. The largest absolute Gasteiger partial charge is 0.445 e. The number of hydrogen-bond donors (Lipinski definition) is 2. The molecule has 2 heterocycles. The Labute approximate surface area is 124 Å². The lowest BCUT2D eigenvalue weighted by atomic mass is 10.2. The van der Waals surface area contributed by atoms with Gasteiger partial charge in [0, 0.05) is 13.1 Å². The lowest BCUT2D eigenvalue weighted by molar-refractivity contribution is -0.00405. The molecule has 2 aliphatic heterocycles.